The number of benzene rings is 1. The highest BCUT2D eigenvalue weighted by Gasteiger charge is 2.03. The number of methoxy groups -OCH3 is 1. The number of nitrogens with zero attached hydrogens (tertiary/aromatic N) is 3. The molecular formula is C16H16N4O2S. The summed E-state index contributed by atoms with van der Waals surface area (Å²) >= 11 is 1.49. The molecule has 0 aliphatic rings. The number of thioether (sulfide) groups is 1. The van der Waals surface area contributed by atoms with Gasteiger partial charge in [0, 0.05) is 24.1 Å². The second-order valence-corrected chi connectivity index (χ2v) is 5.63. The van der Waals surface area contributed by atoms with E-state index in [2.05, 4.69) is 26.1 Å². The summed E-state index contributed by atoms with van der Waals surface area (Å²) < 4.78 is 4.59. The fourth-order valence-corrected chi connectivity index (χ4v) is 2.51. The average Bonchev–Trinajstić information content (AvgIpc) is 2.59. The van der Waals surface area contributed by atoms with Crippen LogP contribution in [-0.4, -0.2) is 28.8 Å². The molecule has 0 amide bonds. The number of anilines is 2. The molecule has 2 rings (SSSR count). The van der Waals surface area contributed by atoms with Crippen molar-refractivity contribution in [3.63, 3.8) is 0 Å². The molecule has 6 nitrogen and oxygen atoms in total. The van der Waals surface area contributed by atoms with Crippen molar-refractivity contribution in [2.24, 2.45) is 0 Å². The van der Waals surface area contributed by atoms with Gasteiger partial charge in [-0.15, -0.1) is 0 Å². The molecular weight excluding hydrogens is 312 g/mol. The van der Waals surface area contributed by atoms with Crippen molar-refractivity contribution in [3.8, 4) is 6.07 Å². The largest absolute Gasteiger partial charge is 0.469 e. The van der Waals surface area contributed by atoms with Crippen molar-refractivity contribution in [1.29, 1.82) is 5.26 Å². The Balaban J connectivity index is 1.88. The monoisotopic (exact) mass is 328 g/mol. The summed E-state index contributed by atoms with van der Waals surface area (Å²) in [6, 6.07) is 11.0. The van der Waals surface area contributed by atoms with Crippen LogP contribution in [0.15, 0.2) is 41.7 Å². The number of esters is 1. The van der Waals surface area contributed by atoms with Gasteiger partial charge in [0.1, 0.15) is 5.82 Å². The van der Waals surface area contributed by atoms with E-state index >= 15 is 0 Å². The Hall–Kier alpha value is -2.59. The van der Waals surface area contributed by atoms with Crippen LogP contribution < -0.4 is 5.32 Å². The first-order valence-electron chi connectivity index (χ1n) is 7.01. The molecule has 0 fully saturated rings. The van der Waals surface area contributed by atoms with Crippen LogP contribution in [0.5, 0.6) is 0 Å². The molecule has 0 atom stereocenters. The molecule has 0 aliphatic heterocycles. The normalized spacial score (nSPS) is 9.91. The third kappa shape index (κ3) is 5.60. The maximum absolute atomic E-state index is 11.0. The molecule has 0 bridgehead atoms. The number of aromatic nitrogens is 2. The lowest BCUT2D eigenvalue weighted by Gasteiger charge is -2.06. The Morgan fingerprint density at radius 2 is 2.13 bits per heavy atom. The summed E-state index contributed by atoms with van der Waals surface area (Å²) in [6.07, 6.45) is 2.79. The molecule has 23 heavy (non-hydrogen) atoms. The van der Waals surface area contributed by atoms with Gasteiger partial charge in [0.15, 0.2) is 5.16 Å². The highest BCUT2D eigenvalue weighted by molar-refractivity contribution is 7.99. The van der Waals surface area contributed by atoms with Crippen LogP contribution in [0.4, 0.5) is 11.5 Å². The molecule has 0 radical (unpaired) electrons. The molecule has 0 saturated heterocycles. The van der Waals surface area contributed by atoms with E-state index in [1.807, 2.05) is 12.1 Å². The molecule has 1 aromatic carbocycles. The number of nitriles is 1. The van der Waals surface area contributed by atoms with Gasteiger partial charge in [0.2, 0.25) is 0 Å². The van der Waals surface area contributed by atoms with Crippen LogP contribution in [-0.2, 0) is 9.53 Å². The van der Waals surface area contributed by atoms with Crippen LogP contribution in [0.2, 0.25) is 0 Å². The van der Waals surface area contributed by atoms with Crippen molar-refractivity contribution in [1.82, 2.24) is 9.97 Å². The van der Waals surface area contributed by atoms with Crippen LogP contribution in [0.25, 0.3) is 0 Å². The Kier molecular flexibility index (Phi) is 6.39. The second kappa shape index (κ2) is 8.76. The highest BCUT2D eigenvalue weighted by atomic mass is 32.2. The van der Waals surface area contributed by atoms with E-state index in [9.17, 15) is 4.79 Å². The first-order chi connectivity index (χ1) is 11.2. The number of ether oxygens (including phenoxy) is 1. The average molecular weight is 328 g/mol. The zero-order chi connectivity index (χ0) is 16.5. The molecule has 0 saturated carbocycles. The molecule has 1 heterocycles. The molecule has 1 aromatic heterocycles. The fourth-order valence-electron chi connectivity index (χ4n) is 1.74. The van der Waals surface area contributed by atoms with Gasteiger partial charge in [-0.25, -0.2) is 9.97 Å². The lowest BCUT2D eigenvalue weighted by molar-refractivity contribution is -0.140. The zero-order valence-corrected chi connectivity index (χ0v) is 13.5. The van der Waals surface area contributed by atoms with Gasteiger partial charge in [-0.1, -0.05) is 11.8 Å². The van der Waals surface area contributed by atoms with Crippen LogP contribution in [0.3, 0.4) is 0 Å². The maximum Gasteiger partial charge on any atom is 0.305 e. The number of hydrogen-bond acceptors (Lipinski definition) is 7. The van der Waals surface area contributed by atoms with Gasteiger partial charge in [-0.2, -0.15) is 5.26 Å². The lowest BCUT2D eigenvalue weighted by atomic mass is 10.2. The number of nitrogens with one attached hydrogen (secondary N) is 1. The maximum atomic E-state index is 11.0. The first-order valence-corrected chi connectivity index (χ1v) is 7.99. The third-order valence-electron chi connectivity index (χ3n) is 2.90. The number of carbonyl (C=O) groups excluding carboxylic acids is 1. The van der Waals surface area contributed by atoms with Gasteiger partial charge >= 0.3 is 5.97 Å². The van der Waals surface area contributed by atoms with Gasteiger partial charge < -0.3 is 10.1 Å². The van der Waals surface area contributed by atoms with Crippen molar-refractivity contribution < 1.29 is 9.53 Å². The van der Waals surface area contributed by atoms with Gasteiger partial charge in [0.05, 0.1) is 18.7 Å². The summed E-state index contributed by atoms with van der Waals surface area (Å²) in [7, 11) is 1.39. The second-order valence-electron chi connectivity index (χ2n) is 4.57. The summed E-state index contributed by atoms with van der Waals surface area (Å²) in [5.41, 5.74) is 1.46. The molecule has 2 aromatic rings. The van der Waals surface area contributed by atoms with Gasteiger partial charge in [0.25, 0.3) is 0 Å². The predicted molar refractivity (Wildman–Crippen MR) is 88.4 cm³/mol. The zero-order valence-electron chi connectivity index (χ0n) is 12.7. The SMILES string of the molecule is COC(=O)CCCSc1nccc(Nc2ccc(C#N)cc2)n1. The lowest BCUT2D eigenvalue weighted by Crippen LogP contribution is -2.00. The van der Waals surface area contributed by atoms with E-state index < -0.39 is 0 Å². The Morgan fingerprint density at radius 1 is 1.35 bits per heavy atom. The van der Waals surface area contributed by atoms with Crippen molar-refractivity contribution >= 4 is 29.2 Å². The smallest absolute Gasteiger partial charge is 0.305 e. The highest BCUT2D eigenvalue weighted by Crippen LogP contribution is 2.19. The van der Waals surface area contributed by atoms with E-state index in [0.717, 1.165) is 11.4 Å². The van der Waals surface area contributed by atoms with E-state index in [-0.39, 0.29) is 5.97 Å². The van der Waals surface area contributed by atoms with E-state index in [1.54, 1.807) is 24.4 Å². The molecule has 0 aliphatic carbocycles. The molecule has 7 heteroatoms. The minimum Gasteiger partial charge on any atom is -0.469 e. The number of carbonyl (C=O) groups is 1. The standard InChI is InChI=1S/C16H16N4O2S/c1-22-15(21)3-2-10-23-16-18-9-8-14(20-16)19-13-6-4-12(11-17)5-7-13/h4-9H,2-3,10H2,1H3,(H,18,19,20). The van der Waals surface area contributed by atoms with E-state index in [1.165, 1.54) is 18.9 Å². The fraction of sp³-hybridized carbons (Fsp3) is 0.250. The summed E-state index contributed by atoms with van der Waals surface area (Å²) in [5, 5.41) is 12.6. The van der Waals surface area contributed by atoms with Crippen LogP contribution in [0.1, 0.15) is 18.4 Å². The number of hydrogen-bond donors (Lipinski definition) is 1. The van der Waals surface area contributed by atoms with Crippen molar-refractivity contribution in [2.75, 3.05) is 18.2 Å². The van der Waals surface area contributed by atoms with Crippen LogP contribution >= 0.6 is 11.8 Å². The molecule has 1 N–H and O–H groups in total. The topological polar surface area (TPSA) is 87.9 Å². The molecule has 118 valence electrons. The van der Waals surface area contributed by atoms with Gasteiger partial charge in [-0.3, -0.25) is 4.79 Å². The Morgan fingerprint density at radius 3 is 2.83 bits per heavy atom. The first kappa shape index (κ1) is 16.8. The van der Waals surface area contributed by atoms with E-state index in [4.69, 9.17) is 5.26 Å². The van der Waals surface area contributed by atoms with Crippen LogP contribution in [0, 0.1) is 11.3 Å². The predicted octanol–water partition coefficient (Wildman–Crippen LogP) is 3.14. The summed E-state index contributed by atoms with van der Waals surface area (Å²) in [4.78, 5) is 19.6. The van der Waals surface area contributed by atoms with Crippen molar-refractivity contribution in [2.45, 2.75) is 18.0 Å². The minimum atomic E-state index is -0.206. The summed E-state index contributed by atoms with van der Waals surface area (Å²) in [6.45, 7) is 0. The minimum absolute atomic E-state index is 0.206. The summed E-state index contributed by atoms with van der Waals surface area (Å²) in [5.74, 6) is 1.22. The molecule has 0 unspecified atom stereocenters. The van der Waals surface area contributed by atoms with E-state index in [0.29, 0.717) is 29.4 Å². The Bertz CT molecular complexity index is 698. The third-order valence-corrected chi connectivity index (χ3v) is 3.85. The molecule has 0 spiro atoms. The Labute approximate surface area is 138 Å². The van der Waals surface area contributed by atoms with Crippen molar-refractivity contribution in [3.05, 3.63) is 42.1 Å². The number of rotatable bonds is 7. The quantitative estimate of drug-likeness (QED) is 0.361. The van der Waals surface area contributed by atoms with Gasteiger partial charge in [-0.05, 0) is 36.8 Å².